The lowest BCUT2D eigenvalue weighted by molar-refractivity contribution is -0.119. The summed E-state index contributed by atoms with van der Waals surface area (Å²) in [5, 5.41) is 108. The molecule has 11 aliphatic heterocycles. The normalized spacial score (nSPS) is 28.0. The fourth-order valence-electron chi connectivity index (χ4n) is 19.4. The van der Waals surface area contributed by atoms with Gasteiger partial charge in [0.2, 0.25) is 11.2 Å². The first kappa shape index (κ1) is 66.8. The molecule has 15 aliphatic rings. The monoisotopic (exact) mass is 1420 g/mol. The van der Waals surface area contributed by atoms with E-state index in [1.54, 1.807) is 49.2 Å². The fraction of sp³-hybridized carbons (Fsp3) is 0.446. The predicted octanol–water partition coefficient (Wildman–Crippen LogP) is 16.1. The number of piperidine rings is 1. The molecule has 22 bridgehead atoms. The number of aliphatic hydroxyl groups is 4. The summed E-state index contributed by atoms with van der Waals surface area (Å²) in [6, 6.07) is 32.3. The van der Waals surface area contributed by atoms with Crippen molar-refractivity contribution in [3.63, 3.8) is 0 Å². The molecule has 2 saturated heterocycles. The zero-order valence-electron chi connectivity index (χ0n) is 56.5. The number of hydrogen-bond acceptors (Lipinski definition) is 17. The van der Waals surface area contributed by atoms with E-state index >= 15 is 4.79 Å². The van der Waals surface area contributed by atoms with Crippen LogP contribution < -0.4 is 15.5 Å². The number of hydrogen-bond donors (Lipinski definition) is 9. The third-order valence-electron chi connectivity index (χ3n) is 24.2. The topological polar surface area (TPSA) is 230 Å². The van der Waals surface area contributed by atoms with E-state index in [0.717, 1.165) is 107 Å². The number of nitrogens with one attached hydrogen (secondary N) is 1. The molecule has 1 saturated carbocycles. The van der Waals surface area contributed by atoms with Crippen molar-refractivity contribution in [2.75, 3.05) is 18.9 Å². The average Bonchev–Trinajstić information content (AvgIpc) is 0.940. The molecule has 3 fully saturated rings. The third kappa shape index (κ3) is 11.4. The number of aliphatic hydroxyl groups excluding tert-OH is 3. The Bertz CT molecular complexity index is 4710. The van der Waals surface area contributed by atoms with Gasteiger partial charge in [-0.2, -0.15) is 0 Å². The zero-order chi connectivity index (χ0) is 68.6. The van der Waals surface area contributed by atoms with Crippen molar-refractivity contribution < 1.29 is 54.8 Å². The van der Waals surface area contributed by atoms with Gasteiger partial charge in [0.05, 0.1) is 40.0 Å². The van der Waals surface area contributed by atoms with E-state index in [-0.39, 0.29) is 105 Å². The Morgan fingerprint density at radius 3 is 2.32 bits per heavy atom. The van der Waals surface area contributed by atoms with E-state index < -0.39 is 57.6 Å². The molecular formula is C83H87NO12S4. The van der Waals surface area contributed by atoms with Crippen LogP contribution in [0.5, 0.6) is 28.7 Å². The summed E-state index contributed by atoms with van der Waals surface area (Å²) in [7, 11) is 6.65. The Morgan fingerprint density at radius 2 is 1.52 bits per heavy atom. The second kappa shape index (κ2) is 26.4. The Balaban J connectivity index is 0.921. The summed E-state index contributed by atoms with van der Waals surface area (Å²) in [6.07, 6.45) is 11.0. The van der Waals surface area contributed by atoms with Gasteiger partial charge in [0.25, 0.3) is 0 Å². The molecule has 17 heteroatoms. The number of phenols is 3. The van der Waals surface area contributed by atoms with Gasteiger partial charge < -0.3 is 55.3 Å². The highest BCUT2D eigenvalue weighted by Crippen LogP contribution is 2.65. The van der Waals surface area contributed by atoms with E-state index in [9.17, 15) is 45.6 Å². The number of phenolic OH excluding ortho intramolecular Hbond substituents is 3. The number of ether oxygens (including phenoxy) is 1. The van der Waals surface area contributed by atoms with Crippen molar-refractivity contribution in [2.24, 2.45) is 17.8 Å². The van der Waals surface area contributed by atoms with Gasteiger partial charge in [0.15, 0.2) is 11.5 Å². The Kier molecular flexibility index (Phi) is 17.6. The second-order valence-electron chi connectivity index (χ2n) is 30.9. The van der Waals surface area contributed by atoms with Gasteiger partial charge in [-0.05, 0) is 215 Å². The van der Waals surface area contributed by atoms with Crippen LogP contribution in [-0.2, 0) is 47.4 Å². The SMILES string of the molecule is CC(C)Cc1cc2c3c(c1O)Cc1cccc(c1)C1NCC(Cc4cccc(c4)C4C=CC(C4=O)c4ccc(c(O)c4)CC45SSCCCC(O)C6CC(c7c(cc8c9c(ccc4c79)CC(CCC4(O)CCCCC4)C8CCO)-c4c(O)cc7oc-2c(O)c(=O)c7c4O6)C5O)CC1SSC3. The van der Waals surface area contributed by atoms with Gasteiger partial charge in [-0.15, -0.1) is 0 Å². The Morgan fingerprint density at radius 1 is 0.740 bits per heavy atom. The fourth-order valence-corrected chi connectivity index (χ4v) is 25.7. The Hall–Kier alpha value is -6.38. The number of rotatable bonds is 7. The molecule has 100 heavy (non-hydrogen) atoms. The summed E-state index contributed by atoms with van der Waals surface area (Å²) in [5.74, 6) is -1.75. The molecule has 23 rings (SSSR count). The summed E-state index contributed by atoms with van der Waals surface area (Å²) in [4.78, 5) is 31.0. The van der Waals surface area contributed by atoms with Gasteiger partial charge in [-0.3, -0.25) is 9.59 Å². The van der Waals surface area contributed by atoms with Crippen LogP contribution in [0.15, 0.2) is 118 Å². The van der Waals surface area contributed by atoms with Crippen LogP contribution >= 0.6 is 43.2 Å². The van der Waals surface area contributed by atoms with Crippen LogP contribution in [-0.4, -0.2) is 94.7 Å². The standard InChI is InChI=1S/C83H87NO12S4/c1-42(2)27-52-34-58-61-41-98-99-68-32-45(40-84-74(68)50-12-7-10-44(30-50)31-57(61)75(52)89)28-43-9-6-11-46(29-43)54-17-18-55(76(54)90)47-14-15-51(64(87)35-47)39-83-62-19-16-49-33-48(20-24-82(94)22-4-3-5-23-82)53(21-25-85)56-36-59-70(72(62)69(49)56)60(81(83)93)37-66(63(86)13-8-26-97-100-83)95-80-71(59)65(88)38-67-73(80)77(91)78(92)79(58)96-67/h6-7,9-12,14-19,29-30,34-36,38,42,45,48,53-55,60,63,66,68,74,81,84-89,92-94H,3-5,8,13,20-28,31-33,37,39-41H2,1-2H3. The van der Waals surface area contributed by atoms with E-state index in [0.29, 0.717) is 102 Å². The lowest BCUT2D eigenvalue weighted by Crippen LogP contribution is -2.48. The molecule has 12 atom stereocenters. The number of allylic oxidation sites excluding steroid dienone is 2. The van der Waals surface area contributed by atoms with E-state index in [1.807, 2.05) is 36.4 Å². The summed E-state index contributed by atoms with van der Waals surface area (Å²) in [5.41, 5.74) is 10.5. The minimum atomic E-state index is -1.21. The van der Waals surface area contributed by atoms with Crippen molar-refractivity contribution in [2.45, 2.75) is 192 Å². The first-order valence-electron chi connectivity index (χ1n) is 36.4. The molecule has 9 N–H and O–H groups in total. The van der Waals surface area contributed by atoms with Gasteiger partial charge in [0.1, 0.15) is 40.1 Å². The van der Waals surface area contributed by atoms with Crippen molar-refractivity contribution in [3.05, 3.63) is 192 Å². The third-order valence-corrected chi connectivity index (χ3v) is 30.2. The van der Waals surface area contributed by atoms with Crippen molar-refractivity contribution >= 4 is 70.7 Å². The molecule has 12 heterocycles. The Labute approximate surface area is 598 Å². The zero-order valence-corrected chi connectivity index (χ0v) is 59.8. The van der Waals surface area contributed by atoms with E-state index in [2.05, 4.69) is 79.8 Å². The van der Waals surface area contributed by atoms with Crippen molar-refractivity contribution in [1.29, 1.82) is 0 Å². The molecule has 520 valence electrons. The predicted molar refractivity (Wildman–Crippen MR) is 400 cm³/mol. The van der Waals surface area contributed by atoms with Gasteiger partial charge in [0, 0.05) is 58.9 Å². The van der Waals surface area contributed by atoms with Gasteiger partial charge in [-0.25, -0.2) is 0 Å². The number of carbonyl (C=O) groups is 1. The highest BCUT2D eigenvalue weighted by atomic mass is 33.1. The number of benzene rings is 7. The first-order chi connectivity index (χ1) is 48.4. The molecule has 4 aliphatic carbocycles. The highest BCUT2D eigenvalue weighted by Gasteiger charge is 2.55. The molecule has 1 aromatic heterocycles. The molecule has 13 nitrogen and oxygen atoms in total. The minimum Gasteiger partial charge on any atom is -0.508 e. The molecule has 7 aromatic carbocycles. The largest absolute Gasteiger partial charge is 0.508 e. The molecule has 0 radical (unpaired) electrons. The maximum atomic E-state index is 16.1. The van der Waals surface area contributed by atoms with Gasteiger partial charge >= 0.3 is 0 Å². The van der Waals surface area contributed by atoms with E-state index in [1.165, 1.54) is 6.07 Å². The van der Waals surface area contributed by atoms with Crippen LogP contribution in [0.25, 0.3) is 44.2 Å². The van der Waals surface area contributed by atoms with Crippen LogP contribution in [0.2, 0.25) is 0 Å². The number of Topliss-reactive ketones (excluding diaryl/α,β-unsaturated/α-hetero) is 1. The molecule has 1 spiro atoms. The van der Waals surface area contributed by atoms with Gasteiger partial charge in [-0.1, -0.05) is 161 Å². The lowest BCUT2D eigenvalue weighted by Gasteiger charge is -2.49. The first-order valence-corrected chi connectivity index (χ1v) is 41.1. The summed E-state index contributed by atoms with van der Waals surface area (Å²) >= 11 is 0. The molecular weight excluding hydrogens is 1330 g/mol. The van der Waals surface area contributed by atoms with Crippen LogP contribution in [0.1, 0.15) is 193 Å². The van der Waals surface area contributed by atoms with Crippen LogP contribution in [0, 0.1) is 17.8 Å². The minimum absolute atomic E-state index is 0.00429. The molecule has 12 unspecified atom stereocenters. The quantitative estimate of drug-likeness (QED) is 0.0534. The van der Waals surface area contributed by atoms with Crippen molar-refractivity contribution in [1.82, 2.24) is 5.32 Å². The number of ketones is 1. The summed E-state index contributed by atoms with van der Waals surface area (Å²) < 4.78 is 13.2. The summed E-state index contributed by atoms with van der Waals surface area (Å²) in [6.45, 7) is 4.83. The molecule has 8 aromatic rings. The number of fused-ring (bicyclic) bond motifs is 4. The van der Waals surface area contributed by atoms with Crippen molar-refractivity contribution in [3.8, 4) is 51.2 Å². The van der Waals surface area contributed by atoms with Crippen LogP contribution in [0.4, 0.5) is 0 Å². The second-order valence-corrected chi connectivity index (χ2v) is 36.3. The van der Waals surface area contributed by atoms with E-state index in [4.69, 9.17) is 9.15 Å². The average molecular weight is 1420 g/mol. The maximum absolute atomic E-state index is 16.1. The lowest BCUT2D eigenvalue weighted by atomic mass is 9.62. The number of aromatic hydroxyl groups is 4. The number of carbonyl (C=O) groups excluding carboxylic acids is 1. The van der Waals surface area contributed by atoms with Crippen LogP contribution in [0.3, 0.4) is 0 Å². The maximum Gasteiger partial charge on any atom is 0.238 e. The highest BCUT2D eigenvalue weighted by molar-refractivity contribution is 8.77. The molecule has 0 amide bonds. The smallest absolute Gasteiger partial charge is 0.238 e.